The summed E-state index contributed by atoms with van der Waals surface area (Å²) in [6.45, 7) is 3.93. The maximum atomic E-state index is 12.9. The van der Waals surface area contributed by atoms with Gasteiger partial charge in [0, 0.05) is 39.3 Å². The number of carbonyl (C=O) groups excluding carboxylic acids is 1. The van der Waals surface area contributed by atoms with Crippen molar-refractivity contribution in [1.82, 2.24) is 4.98 Å². The summed E-state index contributed by atoms with van der Waals surface area (Å²) < 4.78 is 1.02. The van der Waals surface area contributed by atoms with E-state index >= 15 is 0 Å². The van der Waals surface area contributed by atoms with Crippen LogP contribution in [-0.4, -0.2) is 10.8 Å². The zero-order chi connectivity index (χ0) is 18.7. The molecule has 0 fully saturated rings. The van der Waals surface area contributed by atoms with Crippen molar-refractivity contribution in [2.45, 2.75) is 26.2 Å². The van der Waals surface area contributed by atoms with E-state index < -0.39 is 0 Å². The minimum Gasteiger partial charge on any atom is -0.294 e. The van der Waals surface area contributed by atoms with E-state index in [0.29, 0.717) is 17.0 Å². The van der Waals surface area contributed by atoms with Gasteiger partial charge in [0.15, 0.2) is 5.78 Å². The number of nitrogens with zero attached hydrogens (tertiary/aromatic N) is 1. The molecule has 0 bridgehead atoms. The number of aromatic nitrogens is 1. The zero-order valence-corrected chi connectivity index (χ0v) is 17.0. The number of rotatable bonds is 5. The summed E-state index contributed by atoms with van der Waals surface area (Å²) in [6.07, 6.45) is 2.08. The molecule has 3 rings (SSSR count). The Balaban J connectivity index is 2.00. The SMILES string of the molecule is Cc1cc(C(=O)CC(c2ccc(Br)cc2)c2ccc(Cl)cc2C)ccn1. The average Bonchev–Trinajstić information content (AvgIpc) is 2.61. The van der Waals surface area contributed by atoms with Gasteiger partial charge in [-0.25, -0.2) is 0 Å². The van der Waals surface area contributed by atoms with Crippen LogP contribution in [0.25, 0.3) is 0 Å². The molecule has 0 aliphatic carbocycles. The number of carbonyl (C=O) groups is 1. The van der Waals surface area contributed by atoms with Gasteiger partial charge in [-0.1, -0.05) is 45.7 Å². The molecule has 1 aromatic heterocycles. The third-order valence-corrected chi connectivity index (χ3v) is 5.25. The van der Waals surface area contributed by atoms with E-state index in [0.717, 1.165) is 26.9 Å². The molecule has 1 atom stereocenters. The summed E-state index contributed by atoms with van der Waals surface area (Å²) in [5.74, 6) is 0.0825. The summed E-state index contributed by atoms with van der Waals surface area (Å²) >= 11 is 9.61. The Kier molecular flexibility index (Phi) is 5.90. The molecule has 4 heteroatoms. The summed E-state index contributed by atoms with van der Waals surface area (Å²) in [5, 5.41) is 0.705. The first-order valence-electron chi connectivity index (χ1n) is 8.41. The van der Waals surface area contributed by atoms with Gasteiger partial charge < -0.3 is 0 Å². The molecule has 1 heterocycles. The largest absolute Gasteiger partial charge is 0.294 e. The Morgan fingerprint density at radius 2 is 1.81 bits per heavy atom. The fourth-order valence-electron chi connectivity index (χ4n) is 3.15. The number of ketones is 1. The smallest absolute Gasteiger partial charge is 0.163 e. The van der Waals surface area contributed by atoms with Crippen molar-refractivity contribution in [3.05, 3.63) is 98.2 Å². The van der Waals surface area contributed by atoms with Crippen LogP contribution in [0, 0.1) is 13.8 Å². The van der Waals surface area contributed by atoms with Gasteiger partial charge in [-0.05, 0) is 66.9 Å². The van der Waals surface area contributed by atoms with Crippen LogP contribution in [0.5, 0.6) is 0 Å². The van der Waals surface area contributed by atoms with E-state index in [2.05, 4.69) is 33.0 Å². The minimum absolute atomic E-state index is 0.0265. The molecule has 3 aromatic rings. The summed E-state index contributed by atoms with van der Waals surface area (Å²) in [5.41, 5.74) is 4.86. The first kappa shape index (κ1) is 18.8. The predicted octanol–water partition coefficient (Wildman–Crippen LogP) is 6.52. The molecule has 1 unspecified atom stereocenters. The Hall–Kier alpha value is -1.97. The number of halogens is 2. The lowest BCUT2D eigenvalue weighted by molar-refractivity contribution is 0.0977. The van der Waals surface area contributed by atoms with E-state index in [-0.39, 0.29) is 11.7 Å². The molecule has 0 aliphatic rings. The molecule has 132 valence electrons. The van der Waals surface area contributed by atoms with Crippen LogP contribution >= 0.6 is 27.5 Å². The standard InChI is InChI=1S/C22H19BrClNO/c1-14-11-19(24)7-8-20(14)21(16-3-5-18(23)6-4-16)13-22(26)17-9-10-25-15(2)12-17/h3-12,21H,13H2,1-2H3. The van der Waals surface area contributed by atoms with Crippen LogP contribution in [0.15, 0.2) is 65.3 Å². The fourth-order valence-corrected chi connectivity index (χ4v) is 3.65. The van der Waals surface area contributed by atoms with Gasteiger partial charge >= 0.3 is 0 Å². The first-order valence-corrected chi connectivity index (χ1v) is 9.58. The van der Waals surface area contributed by atoms with Gasteiger partial charge in [-0.2, -0.15) is 0 Å². The Bertz CT molecular complexity index is 937. The highest BCUT2D eigenvalue weighted by molar-refractivity contribution is 9.10. The van der Waals surface area contributed by atoms with E-state index in [1.165, 1.54) is 0 Å². The lowest BCUT2D eigenvalue weighted by Crippen LogP contribution is -2.11. The first-order chi connectivity index (χ1) is 12.4. The van der Waals surface area contributed by atoms with Gasteiger partial charge in [0.1, 0.15) is 0 Å². The second-order valence-corrected chi connectivity index (χ2v) is 7.77. The second-order valence-electron chi connectivity index (χ2n) is 6.42. The van der Waals surface area contributed by atoms with E-state index in [9.17, 15) is 4.79 Å². The number of pyridine rings is 1. The van der Waals surface area contributed by atoms with Crippen LogP contribution in [0.1, 0.15) is 45.1 Å². The average molecular weight is 429 g/mol. The molecular formula is C22H19BrClNO. The van der Waals surface area contributed by atoms with Crippen molar-refractivity contribution in [1.29, 1.82) is 0 Å². The van der Waals surface area contributed by atoms with E-state index in [1.54, 1.807) is 12.3 Å². The molecule has 0 spiro atoms. The van der Waals surface area contributed by atoms with Crippen LogP contribution in [0.2, 0.25) is 5.02 Å². The predicted molar refractivity (Wildman–Crippen MR) is 110 cm³/mol. The summed E-state index contributed by atoms with van der Waals surface area (Å²) in [6, 6.07) is 17.6. The van der Waals surface area contributed by atoms with Crippen LogP contribution in [0.3, 0.4) is 0 Å². The molecule has 0 amide bonds. The van der Waals surface area contributed by atoms with Crippen molar-refractivity contribution in [2.75, 3.05) is 0 Å². The van der Waals surface area contributed by atoms with Crippen molar-refractivity contribution in [3.63, 3.8) is 0 Å². The maximum absolute atomic E-state index is 12.9. The third-order valence-electron chi connectivity index (χ3n) is 4.49. The molecule has 0 aliphatic heterocycles. The number of hydrogen-bond donors (Lipinski definition) is 0. The van der Waals surface area contributed by atoms with Gasteiger partial charge in [0.25, 0.3) is 0 Å². The van der Waals surface area contributed by atoms with Crippen molar-refractivity contribution in [2.24, 2.45) is 0 Å². The molecular weight excluding hydrogens is 410 g/mol. The van der Waals surface area contributed by atoms with Crippen molar-refractivity contribution in [3.8, 4) is 0 Å². The summed E-state index contributed by atoms with van der Waals surface area (Å²) in [7, 11) is 0. The Morgan fingerprint density at radius 3 is 2.46 bits per heavy atom. The molecule has 2 aromatic carbocycles. The van der Waals surface area contributed by atoms with Crippen LogP contribution in [0.4, 0.5) is 0 Å². The molecule has 26 heavy (non-hydrogen) atoms. The third kappa shape index (κ3) is 4.40. The van der Waals surface area contributed by atoms with Crippen LogP contribution in [-0.2, 0) is 0 Å². The normalized spacial score (nSPS) is 12.0. The topological polar surface area (TPSA) is 30.0 Å². The molecule has 0 N–H and O–H groups in total. The number of hydrogen-bond acceptors (Lipinski definition) is 2. The fraction of sp³-hybridized carbons (Fsp3) is 0.182. The molecule has 0 saturated carbocycles. The molecule has 0 saturated heterocycles. The lowest BCUT2D eigenvalue weighted by atomic mass is 9.84. The second kappa shape index (κ2) is 8.15. The highest BCUT2D eigenvalue weighted by atomic mass is 79.9. The van der Waals surface area contributed by atoms with Crippen molar-refractivity contribution < 1.29 is 4.79 Å². The number of benzene rings is 2. The molecule has 0 radical (unpaired) electrons. The highest BCUT2D eigenvalue weighted by Crippen LogP contribution is 2.33. The van der Waals surface area contributed by atoms with E-state index in [1.807, 2.05) is 50.2 Å². The number of aryl methyl sites for hydroxylation is 2. The van der Waals surface area contributed by atoms with Crippen molar-refractivity contribution >= 4 is 33.3 Å². The Labute approximate surface area is 167 Å². The van der Waals surface area contributed by atoms with Gasteiger partial charge in [0.05, 0.1) is 0 Å². The van der Waals surface area contributed by atoms with Crippen LogP contribution < -0.4 is 0 Å². The quantitative estimate of drug-likeness (QED) is 0.433. The minimum atomic E-state index is -0.0265. The maximum Gasteiger partial charge on any atom is 0.163 e. The zero-order valence-electron chi connectivity index (χ0n) is 14.7. The van der Waals surface area contributed by atoms with Gasteiger partial charge in [0.2, 0.25) is 0 Å². The van der Waals surface area contributed by atoms with E-state index in [4.69, 9.17) is 11.6 Å². The lowest BCUT2D eigenvalue weighted by Gasteiger charge is -2.20. The highest BCUT2D eigenvalue weighted by Gasteiger charge is 2.21. The summed E-state index contributed by atoms with van der Waals surface area (Å²) in [4.78, 5) is 17.1. The Morgan fingerprint density at radius 1 is 1.08 bits per heavy atom. The monoisotopic (exact) mass is 427 g/mol. The van der Waals surface area contributed by atoms with Gasteiger partial charge in [-0.3, -0.25) is 9.78 Å². The molecule has 2 nitrogen and oxygen atoms in total. The van der Waals surface area contributed by atoms with Gasteiger partial charge in [-0.15, -0.1) is 0 Å². The number of Topliss-reactive ketones (excluding diaryl/α,β-unsaturated/α-hetero) is 1.